The molecule has 0 atom stereocenters. The number of nitrogens with zero attached hydrogens (tertiary/aromatic N) is 1. The monoisotopic (exact) mass is 360 g/mol. The van der Waals surface area contributed by atoms with E-state index in [-0.39, 0.29) is 28.9 Å². The first-order chi connectivity index (χ1) is 11.8. The summed E-state index contributed by atoms with van der Waals surface area (Å²) in [6.45, 7) is 4.06. The van der Waals surface area contributed by atoms with Crippen LogP contribution >= 0.6 is 0 Å². The molecule has 7 heteroatoms. The summed E-state index contributed by atoms with van der Waals surface area (Å²) in [4.78, 5) is -0.299. The van der Waals surface area contributed by atoms with E-state index in [0.29, 0.717) is 6.42 Å². The fourth-order valence-electron chi connectivity index (χ4n) is 2.21. The van der Waals surface area contributed by atoms with Gasteiger partial charge in [0.25, 0.3) is 0 Å². The topological polar surface area (TPSA) is 99.4 Å². The molecule has 0 aromatic heterocycles. The van der Waals surface area contributed by atoms with Crippen molar-refractivity contribution in [2.24, 2.45) is 0 Å². The standard InChI is InChI=1S/C18H20N2O4S/c1-13(2)24-16-6-3-14(4-7-16)9-10-20-25(22,23)18-11-15(12-19)5-8-17(18)21/h3-8,11,13,20-21H,9-10H2,1-2H3. The third kappa shape index (κ3) is 5.21. The lowest BCUT2D eigenvalue weighted by atomic mass is 10.1. The highest BCUT2D eigenvalue weighted by atomic mass is 32.2. The number of hydrogen-bond donors (Lipinski definition) is 2. The summed E-state index contributed by atoms with van der Waals surface area (Å²) in [5.41, 5.74) is 1.12. The van der Waals surface area contributed by atoms with E-state index in [2.05, 4.69) is 4.72 Å². The van der Waals surface area contributed by atoms with E-state index in [1.54, 1.807) is 0 Å². The van der Waals surface area contributed by atoms with Gasteiger partial charge in [-0.05, 0) is 56.2 Å². The van der Waals surface area contributed by atoms with Crippen LogP contribution in [0, 0.1) is 11.3 Å². The fourth-order valence-corrected chi connectivity index (χ4v) is 3.37. The normalized spacial score (nSPS) is 11.3. The van der Waals surface area contributed by atoms with Crippen LogP contribution in [0.3, 0.4) is 0 Å². The summed E-state index contributed by atoms with van der Waals surface area (Å²) in [5, 5.41) is 18.6. The Balaban J connectivity index is 2.00. The molecule has 0 saturated heterocycles. The Hall–Kier alpha value is -2.56. The molecule has 2 N–H and O–H groups in total. The van der Waals surface area contributed by atoms with Gasteiger partial charge in [0.1, 0.15) is 16.4 Å². The number of sulfonamides is 1. The summed E-state index contributed by atoms with van der Waals surface area (Å²) in [5.74, 6) is 0.374. The van der Waals surface area contributed by atoms with Crippen LogP contribution in [-0.4, -0.2) is 26.2 Å². The maximum atomic E-state index is 12.3. The summed E-state index contributed by atoms with van der Waals surface area (Å²) in [6, 6.07) is 13.0. The molecule has 25 heavy (non-hydrogen) atoms. The summed E-state index contributed by atoms with van der Waals surface area (Å²) >= 11 is 0. The van der Waals surface area contributed by atoms with Crippen LogP contribution < -0.4 is 9.46 Å². The van der Waals surface area contributed by atoms with Crippen LogP contribution in [-0.2, 0) is 16.4 Å². The molecular formula is C18H20N2O4S. The van der Waals surface area contributed by atoms with E-state index in [4.69, 9.17) is 10.00 Å². The highest BCUT2D eigenvalue weighted by Crippen LogP contribution is 2.23. The number of phenolic OH excluding ortho intramolecular Hbond substituents is 1. The number of benzene rings is 2. The molecule has 0 aliphatic heterocycles. The van der Waals surface area contributed by atoms with Crippen LogP contribution in [0.25, 0.3) is 0 Å². The van der Waals surface area contributed by atoms with Gasteiger partial charge in [0.05, 0.1) is 17.7 Å². The smallest absolute Gasteiger partial charge is 0.244 e. The highest BCUT2D eigenvalue weighted by Gasteiger charge is 2.18. The van der Waals surface area contributed by atoms with Crippen molar-refractivity contribution in [1.82, 2.24) is 4.72 Å². The Morgan fingerprint density at radius 2 is 1.88 bits per heavy atom. The Labute approximate surface area is 147 Å². The van der Waals surface area contributed by atoms with Crippen LogP contribution in [0.1, 0.15) is 25.0 Å². The first-order valence-corrected chi connectivity index (χ1v) is 9.28. The molecule has 0 spiro atoms. The van der Waals surface area contributed by atoms with Crippen molar-refractivity contribution < 1.29 is 18.3 Å². The van der Waals surface area contributed by atoms with Crippen LogP contribution in [0.15, 0.2) is 47.4 Å². The molecule has 0 aliphatic carbocycles. The Bertz CT molecular complexity index is 869. The highest BCUT2D eigenvalue weighted by molar-refractivity contribution is 7.89. The van der Waals surface area contributed by atoms with Crippen molar-refractivity contribution in [2.75, 3.05) is 6.54 Å². The third-order valence-corrected chi connectivity index (χ3v) is 4.87. The molecule has 2 aromatic rings. The molecule has 0 heterocycles. The average Bonchev–Trinajstić information content (AvgIpc) is 2.56. The molecule has 0 unspecified atom stereocenters. The predicted molar refractivity (Wildman–Crippen MR) is 93.9 cm³/mol. The number of aromatic hydroxyl groups is 1. The molecule has 0 amide bonds. The van der Waals surface area contributed by atoms with Gasteiger partial charge in [-0.3, -0.25) is 0 Å². The SMILES string of the molecule is CC(C)Oc1ccc(CCNS(=O)(=O)c2cc(C#N)ccc2O)cc1. The van der Waals surface area contributed by atoms with Crippen molar-refractivity contribution in [3.8, 4) is 17.6 Å². The van der Waals surface area contributed by atoms with Crippen LogP contribution in [0.5, 0.6) is 11.5 Å². The van der Waals surface area contributed by atoms with Gasteiger partial charge < -0.3 is 9.84 Å². The van der Waals surface area contributed by atoms with E-state index >= 15 is 0 Å². The minimum atomic E-state index is -3.89. The molecule has 6 nitrogen and oxygen atoms in total. The zero-order chi connectivity index (χ0) is 18.4. The summed E-state index contributed by atoms with van der Waals surface area (Å²) in [6.07, 6.45) is 0.578. The quantitative estimate of drug-likeness (QED) is 0.790. The van der Waals surface area contributed by atoms with Crippen molar-refractivity contribution in [1.29, 1.82) is 5.26 Å². The minimum absolute atomic E-state index is 0.0921. The molecule has 0 saturated carbocycles. The Kier molecular flexibility index (Phi) is 6.02. The van der Waals surface area contributed by atoms with Gasteiger partial charge in [0, 0.05) is 6.54 Å². The van der Waals surface area contributed by atoms with Gasteiger partial charge in [-0.25, -0.2) is 13.1 Å². The minimum Gasteiger partial charge on any atom is -0.507 e. The number of nitrogens with one attached hydrogen (secondary N) is 1. The van der Waals surface area contributed by atoms with Gasteiger partial charge in [-0.15, -0.1) is 0 Å². The largest absolute Gasteiger partial charge is 0.507 e. The van der Waals surface area contributed by atoms with Crippen molar-refractivity contribution in [2.45, 2.75) is 31.3 Å². The van der Waals surface area contributed by atoms with Gasteiger partial charge in [0.15, 0.2) is 0 Å². The lowest BCUT2D eigenvalue weighted by molar-refractivity contribution is 0.242. The third-order valence-electron chi connectivity index (χ3n) is 3.38. The number of phenols is 1. The first kappa shape index (κ1) is 18.8. The maximum Gasteiger partial charge on any atom is 0.244 e. The molecule has 0 fully saturated rings. The number of ether oxygens (including phenoxy) is 1. The average molecular weight is 360 g/mol. The van der Waals surface area contributed by atoms with Gasteiger partial charge in [0.2, 0.25) is 10.0 Å². The second-order valence-electron chi connectivity index (χ2n) is 5.75. The van der Waals surface area contributed by atoms with Crippen LogP contribution in [0.2, 0.25) is 0 Å². The van der Waals surface area contributed by atoms with E-state index in [9.17, 15) is 13.5 Å². The van der Waals surface area contributed by atoms with Crippen molar-refractivity contribution in [3.63, 3.8) is 0 Å². The Morgan fingerprint density at radius 3 is 2.48 bits per heavy atom. The Morgan fingerprint density at radius 1 is 1.20 bits per heavy atom. The predicted octanol–water partition coefficient (Wildman–Crippen LogP) is 2.57. The van der Waals surface area contributed by atoms with Gasteiger partial charge >= 0.3 is 0 Å². The zero-order valence-corrected chi connectivity index (χ0v) is 14.9. The second kappa shape index (κ2) is 8.01. The molecule has 2 aromatic carbocycles. The van der Waals surface area contributed by atoms with Gasteiger partial charge in [-0.2, -0.15) is 5.26 Å². The summed E-state index contributed by atoms with van der Waals surface area (Å²) in [7, 11) is -3.89. The molecule has 132 valence electrons. The molecule has 0 aliphatic rings. The van der Waals surface area contributed by atoms with Gasteiger partial charge in [-0.1, -0.05) is 12.1 Å². The maximum absolute atomic E-state index is 12.3. The molecular weight excluding hydrogens is 340 g/mol. The van der Waals surface area contributed by atoms with Crippen molar-refractivity contribution in [3.05, 3.63) is 53.6 Å². The lowest BCUT2D eigenvalue weighted by Gasteiger charge is -2.11. The zero-order valence-electron chi connectivity index (χ0n) is 14.1. The number of rotatable bonds is 7. The van der Waals surface area contributed by atoms with Crippen molar-refractivity contribution >= 4 is 10.0 Å². The molecule has 0 bridgehead atoms. The summed E-state index contributed by atoms with van der Waals surface area (Å²) < 4.78 is 32.6. The molecule has 2 rings (SSSR count). The van der Waals surface area contributed by atoms with E-state index in [1.165, 1.54) is 12.1 Å². The fraction of sp³-hybridized carbons (Fsp3) is 0.278. The van der Waals surface area contributed by atoms with E-state index < -0.39 is 10.0 Å². The lowest BCUT2D eigenvalue weighted by Crippen LogP contribution is -2.26. The van der Waals surface area contributed by atoms with E-state index in [0.717, 1.165) is 17.4 Å². The number of hydrogen-bond acceptors (Lipinski definition) is 5. The van der Waals surface area contributed by atoms with E-state index in [1.807, 2.05) is 44.2 Å². The number of nitriles is 1. The first-order valence-electron chi connectivity index (χ1n) is 7.80. The second-order valence-corrected chi connectivity index (χ2v) is 7.49. The molecule has 0 radical (unpaired) electrons. The van der Waals surface area contributed by atoms with Crippen LogP contribution in [0.4, 0.5) is 0 Å².